The predicted molar refractivity (Wildman–Crippen MR) is 69.4 cm³/mol. The van der Waals surface area contributed by atoms with E-state index in [0.717, 1.165) is 17.0 Å². The summed E-state index contributed by atoms with van der Waals surface area (Å²) in [6.07, 6.45) is 0. The number of halogens is 2. The van der Waals surface area contributed by atoms with Crippen LogP contribution in [0.25, 0.3) is 0 Å². The van der Waals surface area contributed by atoms with Gasteiger partial charge in [-0.1, -0.05) is 0 Å². The van der Waals surface area contributed by atoms with Crippen molar-refractivity contribution in [3.05, 3.63) is 38.1 Å². The van der Waals surface area contributed by atoms with Gasteiger partial charge in [0.2, 0.25) is 0 Å². The first kappa shape index (κ1) is 15.5. The Morgan fingerprint density at radius 2 is 2.21 bits per heavy atom. The zero-order chi connectivity index (χ0) is 14.7. The van der Waals surface area contributed by atoms with Crippen molar-refractivity contribution in [2.75, 3.05) is 13.7 Å². The van der Waals surface area contributed by atoms with Gasteiger partial charge < -0.3 is 10.0 Å². The van der Waals surface area contributed by atoms with E-state index in [0.29, 0.717) is 0 Å². The van der Waals surface area contributed by atoms with Crippen LogP contribution >= 0.6 is 15.9 Å². The van der Waals surface area contributed by atoms with Crippen molar-refractivity contribution in [3.8, 4) is 0 Å². The number of nitro benzene ring substituents is 1. The van der Waals surface area contributed by atoms with Crippen LogP contribution in [0.4, 0.5) is 10.1 Å². The summed E-state index contributed by atoms with van der Waals surface area (Å²) in [6, 6.07) is 1.23. The fraction of sp³-hybridized carbons (Fsp3) is 0.364. The Hall–Kier alpha value is -1.54. The van der Waals surface area contributed by atoms with E-state index in [4.69, 9.17) is 5.11 Å². The average Bonchev–Trinajstić information content (AvgIpc) is 2.38. The van der Waals surface area contributed by atoms with Crippen LogP contribution in [-0.4, -0.2) is 40.5 Å². The number of aliphatic hydroxyl groups is 1. The molecule has 1 unspecified atom stereocenters. The topological polar surface area (TPSA) is 83.7 Å². The number of aliphatic hydroxyl groups excluding tert-OH is 1. The fourth-order valence-electron chi connectivity index (χ4n) is 1.37. The summed E-state index contributed by atoms with van der Waals surface area (Å²) in [5.74, 6) is -1.49. The number of carbonyl (C=O) groups is 1. The van der Waals surface area contributed by atoms with Crippen LogP contribution < -0.4 is 0 Å². The number of hydrogen-bond donors (Lipinski definition) is 1. The second-order valence-corrected chi connectivity index (χ2v) is 4.84. The molecule has 0 fully saturated rings. The normalized spacial score (nSPS) is 12.1. The van der Waals surface area contributed by atoms with Gasteiger partial charge in [0.1, 0.15) is 11.4 Å². The Morgan fingerprint density at radius 1 is 1.63 bits per heavy atom. The molecule has 8 heteroatoms. The van der Waals surface area contributed by atoms with Gasteiger partial charge >= 0.3 is 0 Å². The predicted octanol–water partition coefficient (Wildman–Crippen LogP) is 1.95. The Kier molecular flexibility index (Phi) is 4.96. The Morgan fingerprint density at radius 3 is 2.68 bits per heavy atom. The first-order chi connectivity index (χ1) is 8.79. The highest BCUT2D eigenvalue weighted by Gasteiger charge is 2.27. The van der Waals surface area contributed by atoms with Crippen LogP contribution in [0.1, 0.15) is 17.3 Å². The van der Waals surface area contributed by atoms with Crippen molar-refractivity contribution >= 4 is 27.5 Å². The van der Waals surface area contributed by atoms with Crippen LogP contribution in [0.5, 0.6) is 0 Å². The maximum Gasteiger partial charge on any atom is 0.283 e. The molecule has 0 saturated heterocycles. The highest BCUT2D eigenvalue weighted by Crippen LogP contribution is 2.27. The lowest BCUT2D eigenvalue weighted by molar-refractivity contribution is -0.385. The van der Waals surface area contributed by atoms with Crippen LogP contribution in [0.2, 0.25) is 0 Å². The third-order valence-electron chi connectivity index (χ3n) is 2.71. The molecule has 104 valence electrons. The van der Waals surface area contributed by atoms with Crippen molar-refractivity contribution in [2.45, 2.75) is 13.0 Å². The van der Waals surface area contributed by atoms with E-state index < -0.39 is 28.4 Å². The van der Waals surface area contributed by atoms with E-state index in [1.54, 1.807) is 6.92 Å². The molecule has 0 spiro atoms. The molecule has 0 radical (unpaired) electrons. The summed E-state index contributed by atoms with van der Waals surface area (Å²) in [5, 5.41) is 19.9. The molecular formula is C11H12BrFN2O4. The number of carbonyl (C=O) groups excluding carboxylic acids is 1. The van der Waals surface area contributed by atoms with Crippen LogP contribution in [0, 0.1) is 15.9 Å². The minimum atomic E-state index is -0.765. The maximum absolute atomic E-state index is 13.4. The van der Waals surface area contributed by atoms with Gasteiger partial charge in [0, 0.05) is 13.1 Å². The molecule has 0 aliphatic carbocycles. The van der Waals surface area contributed by atoms with Gasteiger partial charge in [-0.2, -0.15) is 0 Å². The summed E-state index contributed by atoms with van der Waals surface area (Å²) in [5.41, 5.74) is -0.844. The van der Waals surface area contributed by atoms with Gasteiger partial charge in [0.05, 0.1) is 22.0 Å². The second-order valence-electron chi connectivity index (χ2n) is 3.99. The molecule has 0 aliphatic rings. The zero-order valence-corrected chi connectivity index (χ0v) is 11.8. The Balaban J connectivity index is 3.29. The van der Waals surface area contributed by atoms with Gasteiger partial charge in [-0.25, -0.2) is 4.39 Å². The zero-order valence-electron chi connectivity index (χ0n) is 10.3. The number of nitro groups is 1. The average molecular weight is 335 g/mol. The molecule has 0 aliphatic heterocycles. The number of likely N-dealkylation sites (N-methyl/N-ethyl adjacent to an activating group) is 1. The summed E-state index contributed by atoms with van der Waals surface area (Å²) < 4.78 is 13.4. The Bertz CT molecular complexity index is 524. The minimum absolute atomic E-state index is 0.0893. The number of amides is 1. The van der Waals surface area contributed by atoms with Gasteiger partial charge in [-0.3, -0.25) is 14.9 Å². The number of rotatable bonds is 4. The third kappa shape index (κ3) is 3.27. The standard InChI is InChI=1S/C11H12BrFN2O4/c1-6(5-16)14(2)11(17)7-3-9(13)8(12)4-10(7)15(18)19/h3-4,6,16H,5H2,1-2H3. The van der Waals surface area contributed by atoms with E-state index in [9.17, 15) is 19.3 Å². The summed E-state index contributed by atoms with van der Waals surface area (Å²) in [7, 11) is 1.38. The van der Waals surface area contributed by atoms with E-state index in [-0.39, 0.29) is 16.6 Å². The van der Waals surface area contributed by atoms with Crippen molar-refractivity contribution in [3.63, 3.8) is 0 Å². The molecule has 1 rings (SSSR count). The van der Waals surface area contributed by atoms with Gasteiger partial charge in [0.25, 0.3) is 11.6 Å². The molecule has 19 heavy (non-hydrogen) atoms. The van der Waals surface area contributed by atoms with Crippen molar-refractivity contribution < 1.29 is 19.2 Å². The molecule has 0 aromatic heterocycles. The number of nitrogens with zero attached hydrogens (tertiary/aromatic N) is 2. The molecule has 0 bridgehead atoms. The van der Waals surface area contributed by atoms with Crippen molar-refractivity contribution in [2.24, 2.45) is 0 Å². The van der Waals surface area contributed by atoms with Crippen LogP contribution in [0.15, 0.2) is 16.6 Å². The van der Waals surface area contributed by atoms with Crippen LogP contribution in [0.3, 0.4) is 0 Å². The molecule has 6 nitrogen and oxygen atoms in total. The lowest BCUT2D eigenvalue weighted by Gasteiger charge is -2.23. The number of hydrogen-bond acceptors (Lipinski definition) is 4. The van der Waals surface area contributed by atoms with Gasteiger partial charge in [0.15, 0.2) is 0 Å². The second kappa shape index (κ2) is 6.07. The van der Waals surface area contributed by atoms with Gasteiger partial charge in [-0.15, -0.1) is 0 Å². The quantitative estimate of drug-likeness (QED) is 0.673. The van der Waals surface area contributed by atoms with E-state index >= 15 is 0 Å². The molecule has 1 aromatic carbocycles. The Labute approximate surface area is 117 Å². The molecule has 0 heterocycles. The highest BCUT2D eigenvalue weighted by molar-refractivity contribution is 9.10. The lowest BCUT2D eigenvalue weighted by Crippen LogP contribution is -2.37. The van der Waals surface area contributed by atoms with Crippen molar-refractivity contribution in [1.82, 2.24) is 4.90 Å². The van der Waals surface area contributed by atoms with E-state index in [2.05, 4.69) is 15.9 Å². The third-order valence-corrected chi connectivity index (χ3v) is 3.32. The lowest BCUT2D eigenvalue weighted by atomic mass is 10.1. The highest BCUT2D eigenvalue weighted by atomic mass is 79.9. The minimum Gasteiger partial charge on any atom is -0.394 e. The van der Waals surface area contributed by atoms with Crippen LogP contribution in [-0.2, 0) is 0 Å². The van der Waals surface area contributed by atoms with E-state index in [1.165, 1.54) is 7.05 Å². The van der Waals surface area contributed by atoms with Crippen molar-refractivity contribution in [1.29, 1.82) is 0 Å². The smallest absolute Gasteiger partial charge is 0.283 e. The SMILES string of the molecule is CC(CO)N(C)C(=O)c1cc(F)c(Br)cc1[N+](=O)[O-]. The van der Waals surface area contributed by atoms with Gasteiger partial charge in [-0.05, 0) is 28.9 Å². The monoisotopic (exact) mass is 334 g/mol. The molecule has 1 atom stereocenters. The molecule has 1 N–H and O–H groups in total. The summed E-state index contributed by atoms with van der Waals surface area (Å²) in [4.78, 5) is 23.3. The fourth-order valence-corrected chi connectivity index (χ4v) is 1.70. The number of benzene rings is 1. The van der Waals surface area contributed by atoms with E-state index in [1.807, 2.05) is 0 Å². The molecule has 1 aromatic rings. The first-order valence-electron chi connectivity index (χ1n) is 5.31. The molecule has 0 saturated carbocycles. The largest absolute Gasteiger partial charge is 0.394 e. The molecular weight excluding hydrogens is 323 g/mol. The summed E-state index contributed by atoms with van der Waals surface area (Å²) in [6.45, 7) is 1.27. The first-order valence-corrected chi connectivity index (χ1v) is 6.10. The molecule has 1 amide bonds. The maximum atomic E-state index is 13.4. The summed E-state index contributed by atoms with van der Waals surface area (Å²) >= 11 is 2.83.